The fourth-order valence-corrected chi connectivity index (χ4v) is 1.99. The maximum atomic E-state index is 11.9. The largest absolute Gasteiger partial charge is 0.497 e. The maximum Gasteiger partial charge on any atom is 0.340 e. The van der Waals surface area contributed by atoms with Gasteiger partial charge in [0.25, 0.3) is 5.91 Å². The average molecular weight is 273 g/mol. The Morgan fingerprint density at radius 2 is 1.85 bits per heavy atom. The molecule has 0 radical (unpaired) electrons. The summed E-state index contributed by atoms with van der Waals surface area (Å²) in [6.07, 6.45) is 1.65. The van der Waals surface area contributed by atoms with Gasteiger partial charge in [-0.05, 0) is 30.7 Å². The number of hydrogen-bond donors (Lipinski definition) is 1. The van der Waals surface area contributed by atoms with Gasteiger partial charge in [0.1, 0.15) is 5.75 Å². The van der Waals surface area contributed by atoms with Crippen LogP contribution in [0.25, 0.3) is 6.08 Å². The zero-order valence-corrected chi connectivity index (χ0v) is 11.5. The van der Waals surface area contributed by atoms with Gasteiger partial charge in [-0.3, -0.25) is 4.79 Å². The number of allylic oxidation sites excluding steroid dienone is 1. The van der Waals surface area contributed by atoms with E-state index in [1.54, 1.807) is 32.2 Å². The van der Waals surface area contributed by atoms with E-state index in [1.165, 1.54) is 7.11 Å². The number of benzene rings is 1. The Labute approximate surface area is 116 Å². The molecule has 0 aliphatic carbocycles. The Bertz CT molecular complexity index is 611. The summed E-state index contributed by atoms with van der Waals surface area (Å²) >= 11 is 0. The number of amides is 1. The average Bonchev–Trinajstić information content (AvgIpc) is 2.73. The van der Waals surface area contributed by atoms with Crippen LogP contribution in [-0.4, -0.2) is 26.1 Å². The molecule has 5 heteroatoms. The van der Waals surface area contributed by atoms with Crippen LogP contribution in [0.1, 0.15) is 12.5 Å². The molecule has 0 saturated carbocycles. The first-order chi connectivity index (χ1) is 9.56. The van der Waals surface area contributed by atoms with Crippen molar-refractivity contribution in [2.24, 2.45) is 0 Å². The topological polar surface area (TPSA) is 64.6 Å². The van der Waals surface area contributed by atoms with Crippen LogP contribution in [0.2, 0.25) is 0 Å². The van der Waals surface area contributed by atoms with Gasteiger partial charge >= 0.3 is 5.97 Å². The molecule has 1 aromatic rings. The van der Waals surface area contributed by atoms with Crippen LogP contribution >= 0.6 is 0 Å². The summed E-state index contributed by atoms with van der Waals surface area (Å²) in [5.74, 6) is -0.109. The predicted octanol–water partition coefficient (Wildman–Crippen LogP) is 1.66. The third kappa shape index (κ3) is 2.56. The molecule has 0 bridgehead atoms. The van der Waals surface area contributed by atoms with Crippen LogP contribution in [-0.2, 0) is 14.3 Å². The molecule has 0 atom stereocenters. The maximum absolute atomic E-state index is 11.9. The summed E-state index contributed by atoms with van der Waals surface area (Å²) < 4.78 is 9.78. The first-order valence-electron chi connectivity index (χ1n) is 6.03. The van der Waals surface area contributed by atoms with Gasteiger partial charge in [0.05, 0.1) is 25.4 Å². The van der Waals surface area contributed by atoms with E-state index in [-0.39, 0.29) is 11.5 Å². The van der Waals surface area contributed by atoms with E-state index < -0.39 is 5.97 Å². The molecule has 5 nitrogen and oxygen atoms in total. The van der Waals surface area contributed by atoms with Crippen LogP contribution in [0.5, 0.6) is 5.75 Å². The Morgan fingerprint density at radius 1 is 1.20 bits per heavy atom. The summed E-state index contributed by atoms with van der Waals surface area (Å²) in [6, 6.07) is 7.19. The zero-order valence-electron chi connectivity index (χ0n) is 11.5. The minimum atomic E-state index is -0.527. The zero-order chi connectivity index (χ0) is 14.7. The van der Waals surface area contributed by atoms with Crippen LogP contribution in [0.15, 0.2) is 41.1 Å². The van der Waals surface area contributed by atoms with Crippen molar-refractivity contribution in [2.75, 3.05) is 14.2 Å². The lowest BCUT2D eigenvalue weighted by Crippen LogP contribution is -2.15. The van der Waals surface area contributed by atoms with Crippen molar-refractivity contribution in [3.63, 3.8) is 0 Å². The molecular formula is C15H15NO4. The highest BCUT2D eigenvalue weighted by Crippen LogP contribution is 2.25. The number of carbonyl (C=O) groups is 2. The van der Waals surface area contributed by atoms with E-state index in [1.807, 2.05) is 12.1 Å². The van der Waals surface area contributed by atoms with Gasteiger partial charge in [-0.1, -0.05) is 12.1 Å². The van der Waals surface area contributed by atoms with Gasteiger partial charge in [-0.15, -0.1) is 0 Å². The lowest BCUT2D eigenvalue weighted by atomic mass is 10.0. The Balaban J connectivity index is 2.40. The molecule has 1 aliphatic heterocycles. The van der Waals surface area contributed by atoms with Crippen LogP contribution in [0.3, 0.4) is 0 Å². The van der Waals surface area contributed by atoms with Crippen molar-refractivity contribution in [1.29, 1.82) is 0 Å². The number of hydrogen-bond acceptors (Lipinski definition) is 4. The molecule has 1 heterocycles. The lowest BCUT2D eigenvalue weighted by molar-refractivity contribution is -0.136. The van der Waals surface area contributed by atoms with Crippen molar-refractivity contribution < 1.29 is 19.1 Å². The smallest absolute Gasteiger partial charge is 0.340 e. The van der Waals surface area contributed by atoms with Gasteiger partial charge in [0.15, 0.2) is 0 Å². The highest BCUT2D eigenvalue weighted by Gasteiger charge is 2.30. The summed E-state index contributed by atoms with van der Waals surface area (Å²) in [7, 11) is 2.87. The molecule has 1 aromatic carbocycles. The monoisotopic (exact) mass is 273 g/mol. The molecule has 0 aromatic heterocycles. The van der Waals surface area contributed by atoms with E-state index >= 15 is 0 Å². The van der Waals surface area contributed by atoms with Gasteiger partial charge in [0, 0.05) is 5.70 Å². The van der Waals surface area contributed by atoms with E-state index in [4.69, 9.17) is 9.47 Å². The summed E-state index contributed by atoms with van der Waals surface area (Å²) in [5, 5.41) is 2.62. The van der Waals surface area contributed by atoms with Gasteiger partial charge < -0.3 is 14.8 Å². The number of rotatable bonds is 3. The highest BCUT2D eigenvalue weighted by molar-refractivity contribution is 6.16. The number of ether oxygens (including phenoxy) is 2. The second-order valence-corrected chi connectivity index (χ2v) is 4.28. The van der Waals surface area contributed by atoms with Crippen molar-refractivity contribution in [3.8, 4) is 5.75 Å². The Morgan fingerprint density at radius 3 is 2.40 bits per heavy atom. The number of esters is 1. The minimum Gasteiger partial charge on any atom is -0.497 e. The van der Waals surface area contributed by atoms with E-state index in [0.717, 1.165) is 11.3 Å². The van der Waals surface area contributed by atoms with E-state index in [0.29, 0.717) is 11.3 Å². The van der Waals surface area contributed by atoms with Gasteiger partial charge in [0.2, 0.25) is 0 Å². The molecule has 1 aliphatic rings. The van der Waals surface area contributed by atoms with Crippen molar-refractivity contribution >= 4 is 18.0 Å². The third-order valence-corrected chi connectivity index (χ3v) is 3.01. The fourth-order valence-electron chi connectivity index (χ4n) is 1.99. The molecule has 0 unspecified atom stereocenters. The highest BCUT2D eigenvalue weighted by atomic mass is 16.5. The van der Waals surface area contributed by atoms with Gasteiger partial charge in [-0.2, -0.15) is 0 Å². The number of carbonyl (C=O) groups excluding carboxylic acids is 2. The molecule has 1 N–H and O–H groups in total. The normalized spacial score (nSPS) is 16.4. The van der Waals surface area contributed by atoms with Crippen molar-refractivity contribution in [3.05, 3.63) is 46.7 Å². The second-order valence-electron chi connectivity index (χ2n) is 4.28. The molecule has 104 valence electrons. The molecular weight excluding hydrogens is 258 g/mol. The molecule has 1 amide bonds. The van der Waals surface area contributed by atoms with Crippen LogP contribution in [0.4, 0.5) is 0 Å². The third-order valence-electron chi connectivity index (χ3n) is 3.01. The molecule has 0 spiro atoms. The fraction of sp³-hybridized carbons (Fsp3) is 0.200. The standard InChI is InChI=1S/C15H15NO4/c1-9-13(15(18)20-3)12(14(17)16-9)8-10-4-6-11(19-2)7-5-10/h4-8H,1-3H3,(H,16,17)/b12-8-. The van der Waals surface area contributed by atoms with E-state index in [2.05, 4.69) is 5.32 Å². The minimum absolute atomic E-state index is 0.272. The van der Waals surface area contributed by atoms with E-state index in [9.17, 15) is 9.59 Å². The SMILES string of the molecule is COC(=O)C1=C(C)NC(=O)/C1=C\c1ccc(OC)cc1. The van der Waals surface area contributed by atoms with Crippen LogP contribution in [0, 0.1) is 0 Å². The lowest BCUT2D eigenvalue weighted by Gasteiger charge is -2.03. The van der Waals surface area contributed by atoms with Crippen molar-refractivity contribution in [1.82, 2.24) is 5.32 Å². The number of methoxy groups -OCH3 is 2. The molecule has 0 saturated heterocycles. The first-order valence-corrected chi connectivity index (χ1v) is 6.03. The molecule has 2 rings (SSSR count). The Hall–Kier alpha value is -2.56. The summed E-state index contributed by atoms with van der Waals surface area (Å²) in [5.41, 5.74) is 1.88. The quantitative estimate of drug-likeness (QED) is 0.672. The predicted molar refractivity (Wildman–Crippen MR) is 73.8 cm³/mol. The summed E-state index contributed by atoms with van der Waals surface area (Å²) in [6.45, 7) is 1.67. The number of nitrogens with one attached hydrogen (secondary N) is 1. The Kier molecular flexibility index (Phi) is 3.89. The summed E-state index contributed by atoms with van der Waals surface area (Å²) in [4.78, 5) is 23.6. The first kappa shape index (κ1) is 13.9. The van der Waals surface area contributed by atoms with Crippen LogP contribution < -0.4 is 10.1 Å². The van der Waals surface area contributed by atoms with Gasteiger partial charge in [-0.25, -0.2) is 4.79 Å². The van der Waals surface area contributed by atoms with Crippen molar-refractivity contribution in [2.45, 2.75) is 6.92 Å². The molecule has 0 fully saturated rings. The molecule has 20 heavy (non-hydrogen) atoms. The second kappa shape index (κ2) is 5.61.